The number of halogens is 2. The first-order valence-corrected chi connectivity index (χ1v) is 2.56. The van der Waals surface area contributed by atoms with Crippen LogP contribution in [0.5, 0.6) is 0 Å². The first-order chi connectivity index (χ1) is 4.83. The highest BCUT2D eigenvalue weighted by Crippen LogP contribution is 2.04. The van der Waals surface area contributed by atoms with E-state index in [0.29, 0.717) is 0 Å². The minimum absolute atomic E-state index is 0.287. The van der Waals surface area contributed by atoms with Crippen LogP contribution in [0.4, 0.5) is 14.6 Å². The van der Waals surface area contributed by atoms with E-state index in [9.17, 15) is 8.87 Å². The van der Waals surface area contributed by atoms with Gasteiger partial charge in [0.05, 0.1) is 5.69 Å². The lowest BCUT2D eigenvalue weighted by Crippen LogP contribution is -2.10. The van der Waals surface area contributed by atoms with Crippen LogP contribution >= 0.6 is 0 Å². The molecule has 54 valence electrons. The zero-order chi connectivity index (χ0) is 7.40. The van der Waals surface area contributed by atoms with E-state index in [1.165, 1.54) is 17.9 Å². The van der Waals surface area contributed by atoms with Gasteiger partial charge in [0.15, 0.2) is 0 Å². The molecular formula is C5H5F2N3. The van der Waals surface area contributed by atoms with Crippen LogP contribution < -0.4 is 11.1 Å². The quantitative estimate of drug-likeness (QED) is 0.370. The molecule has 0 aliphatic heterocycles. The summed E-state index contributed by atoms with van der Waals surface area (Å²) in [4.78, 5) is 3.27. The summed E-state index contributed by atoms with van der Waals surface area (Å²) in [6.45, 7) is 0. The fourth-order valence-corrected chi connectivity index (χ4v) is 0.535. The van der Waals surface area contributed by atoms with Crippen molar-refractivity contribution >= 4 is 5.69 Å². The molecule has 0 unspecified atom stereocenters. The fraction of sp³-hybridized carbons (Fsp3) is 0. The lowest BCUT2D eigenvalue weighted by molar-refractivity contribution is 0.376. The normalized spacial score (nSPS) is 9.40. The van der Waals surface area contributed by atoms with Crippen LogP contribution in [0.15, 0.2) is 18.3 Å². The Labute approximate surface area is 56.0 Å². The van der Waals surface area contributed by atoms with Crippen molar-refractivity contribution < 1.29 is 8.87 Å². The molecule has 1 heterocycles. The van der Waals surface area contributed by atoms with Gasteiger partial charge in [0.2, 0.25) is 5.95 Å². The van der Waals surface area contributed by atoms with Crippen LogP contribution in [0.2, 0.25) is 0 Å². The average molecular weight is 145 g/mol. The molecule has 0 aliphatic carbocycles. The number of anilines is 1. The highest BCUT2D eigenvalue weighted by Gasteiger charge is 1.92. The van der Waals surface area contributed by atoms with Crippen molar-refractivity contribution in [1.29, 1.82) is 0 Å². The van der Waals surface area contributed by atoms with Crippen molar-refractivity contribution in [2.24, 2.45) is 0 Å². The maximum Gasteiger partial charge on any atom is 0.214 e. The Morgan fingerprint density at radius 3 is 2.90 bits per heavy atom. The molecule has 1 rings (SSSR count). The van der Waals surface area contributed by atoms with Crippen LogP contribution in [0.3, 0.4) is 0 Å². The molecule has 0 saturated carbocycles. The summed E-state index contributed by atoms with van der Waals surface area (Å²) in [5, 5.41) is 0. The standard InChI is InChI=1S/C5H5F2N3/c6-5-3-4(9-10-7)1-2-8-5/h1-3,10H,(H,8,9). The number of rotatable bonds is 2. The van der Waals surface area contributed by atoms with Gasteiger partial charge in [0, 0.05) is 12.3 Å². The third-order valence-corrected chi connectivity index (χ3v) is 0.918. The van der Waals surface area contributed by atoms with Gasteiger partial charge in [-0.3, -0.25) is 5.43 Å². The van der Waals surface area contributed by atoms with Crippen LogP contribution in [0.25, 0.3) is 0 Å². The van der Waals surface area contributed by atoms with Gasteiger partial charge in [-0.2, -0.15) is 4.39 Å². The molecule has 0 aliphatic rings. The Morgan fingerprint density at radius 2 is 2.30 bits per heavy atom. The smallest absolute Gasteiger partial charge is 0.214 e. The van der Waals surface area contributed by atoms with E-state index in [4.69, 9.17) is 0 Å². The summed E-state index contributed by atoms with van der Waals surface area (Å²) >= 11 is 0. The predicted octanol–water partition coefficient (Wildman–Crippen LogP) is 1.02. The highest BCUT2D eigenvalue weighted by atomic mass is 19.2. The lowest BCUT2D eigenvalue weighted by Gasteiger charge is -1.98. The van der Waals surface area contributed by atoms with E-state index in [-0.39, 0.29) is 5.69 Å². The van der Waals surface area contributed by atoms with Gasteiger partial charge in [0.1, 0.15) is 0 Å². The maximum absolute atomic E-state index is 12.2. The molecule has 0 fully saturated rings. The largest absolute Gasteiger partial charge is 0.294 e. The van der Waals surface area contributed by atoms with Crippen molar-refractivity contribution in [3.63, 3.8) is 0 Å². The molecule has 0 spiro atoms. The number of pyridine rings is 1. The molecule has 0 atom stereocenters. The van der Waals surface area contributed by atoms with Crippen molar-refractivity contribution in [2.45, 2.75) is 0 Å². The second-order valence-corrected chi connectivity index (χ2v) is 1.59. The minimum atomic E-state index is -0.653. The summed E-state index contributed by atoms with van der Waals surface area (Å²) in [6, 6.07) is 2.49. The number of hydrogen-bond acceptors (Lipinski definition) is 3. The summed E-state index contributed by atoms with van der Waals surface area (Å²) in [6.07, 6.45) is 1.23. The van der Waals surface area contributed by atoms with Crippen LogP contribution in [-0.2, 0) is 0 Å². The third kappa shape index (κ3) is 1.63. The number of nitrogens with zero attached hydrogens (tertiary/aromatic N) is 1. The molecule has 0 bridgehead atoms. The molecule has 5 heteroatoms. The molecule has 1 aromatic heterocycles. The van der Waals surface area contributed by atoms with Crippen LogP contribution in [-0.4, -0.2) is 4.98 Å². The molecule has 1 aromatic rings. The Balaban J connectivity index is 2.75. The number of nitrogens with one attached hydrogen (secondary N) is 2. The molecular weight excluding hydrogens is 140 g/mol. The second-order valence-electron chi connectivity index (χ2n) is 1.59. The zero-order valence-electron chi connectivity index (χ0n) is 4.94. The Morgan fingerprint density at radius 1 is 1.50 bits per heavy atom. The number of aromatic nitrogens is 1. The zero-order valence-corrected chi connectivity index (χ0v) is 4.94. The Bertz CT molecular complexity index is 216. The second kappa shape index (κ2) is 3.07. The van der Waals surface area contributed by atoms with Crippen molar-refractivity contribution in [3.05, 3.63) is 24.3 Å². The summed E-state index contributed by atoms with van der Waals surface area (Å²) in [5.74, 6) is -0.653. The van der Waals surface area contributed by atoms with Gasteiger partial charge in [-0.25, -0.2) is 4.98 Å². The highest BCUT2D eigenvalue weighted by molar-refractivity contribution is 5.39. The molecule has 0 radical (unpaired) electrons. The fourth-order valence-electron chi connectivity index (χ4n) is 0.535. The Kier molecular flexibility index (Phi) is 2.11. The van der Waals surface area contributed by atoms with Gasteiger partial charge in [-0.1, -0.05) is 5.65 Å². The summed E-state index contributed by atoms with van der Waals surface area (Å²) in [7, 11) is 0. The first kappa shape index (κ1) is 6.88. The molecule has 0 amide bonds. The maximum atomic E-state index is 12.2. The summed E-state index contributed by atoms with van der Waals surface area (Å²) in [5.41, 5.74) is 3.51. The SMILES string of the molecule is FNNc1ccnc(F)c1. The predicted molar refractivity (Wildman–Crippen MR) is 32.1 cm³/mol. The van der Waals surface area contributed by atoms with E-state index in [2.05, 4.69) is 10.4 Å². The molecule has 2 N–H and O–H groups in total. The monoisotopic (exact) mass is 145 g/mol. The van der Waals surface area contributed by atoms with Gasteiger partial charge >= 0.3 is 0 Å². The van der Waals surface area contributed by atoms with Crippen LogP contribution in [0.1, 0.15) is 0 Å². The minimum Gasteiger partial charge on any atom is -0.294 e. The summed E-state index contributed by atoms with van der Waals surface area (Å²) < 4.78 is 23.5. The van der Waals surface area contributed by atoms with E-state index in [0.717, 1.165) is 6.07 Å². The van der Waals surface area contributed by atoms with Gasteiger partial charge in [0.25, 0.3) is 0 Å². The van der Waals surface area contributed by atoms with E-state index < -0.39 is 5.95 Å². The van der Waals surface area contributed by atoms with Gasteiger partial charge in [-0.05, 0) is 6.07 Å². The molecule has 10 heavy (non-hydrogen) atoms. The van der Waals surface area contributed by atoms with Crippen molar-refractivity contribution in [2.75, 3.05) is 5.43 Å². The van der Waals surface area contributed by atoms with Gasteiger partial charge < -0.3 is 0 Å². The van der Waals surface area contributed by atoms with Gasteiger partial charge in [-0.15, -0.1) is 4.48 Å². The van der Waals surface area contributed by atoms with E-state index >= 15 is 0 Å². The molecule has 3 nitrogen and oxygen atoms in total. The molecule has 0 saturated heterocycles. The van der Waals surface area contributed by atoms with Crippen molar-refractivity contribution in [3.8, 4) is 0 Å². The average Bonchev–Trinajstić information content (AvgIpc) is 1.88. The van der Waals surface area contributed by atoms with Crippen molar-refractivity contribution in [1.82, 2.24) is 10.6 Å². The van der Waals surface area contributed by atoms with E-state index in [1.54, 1.807) is 0 Å². The number of hydrazine groups is 1. The molecule has 0 aromatic carbocycles. The lowest BCUT2D eigenvalue weighted by atomic mass is 10.4. The Hall–Kier alpha value is -1.23. The number of hydrogen-bond donors (Lipinski definition) is 2. The first-order valence-electron chi connectivity index (χ1n) is 2.56. The van der Waals surface area contributed by atoms with E-state index in [1.807, 2.05) is 0 Å². The van der Waals surface area contributed by atoms with Crippen LogP contribution in [0, 0.1) is 5.95 Å². The third-order valence-electron chi connectivity index (χ3n) is 0.918. The topological polar surface area (TPSA) is 37.0 Å².